The molecule has 682 valence electrons. The highest BCUT2D eigenvalue weighted by Crippen LogP contribution is 2.61. The predicted molar refractivity (Wildman–Crippen MR) is 509 cm³/mol. The van der Waals surface area contributed by atoms with Gasteiger partial charge in [-0.1, -0.05) is 83.0 Å². The zero-order valence-electron chi connectivity index (χ0n) is 73.6. The largest absolute Gasteiger partial charge is 0.793 e. The number of carbonyl (C=O) groups excluding carboxylic acids is 9. The third-order valence-electron chi connectivity index (χ3n) is 24.9. The number of hydrogen-bond donors (Lipinski definition) is 2. The number of amides is 6. The van der Waals surface area contributed by atoms with Crippen molar-refractivity contribution >= 4 is 153 Å². The predicted octanol–water partition coefficient (Wildman–Crippen LogP) is 12.7. The van der Waals surface area contributed by atoms with Crippen LogP contribution in [-0.2, 0) is 57.0 Å². The maximum absolute atomic E-state index is 14.9. The molecule has 27 nitrogen and oxygen atoms in total. The van der Waals surface area contributed by atoms with Gasteiger partial charge in [-0.2, -0.15) is 0 Å². The Balaban J connectivity index is 0.000000178. The van der Waals surface area contributed by atoms with Crippen LogP contribution in [0.3, 0.4) is 0 Å². The quantitative estimate of drug-likeness (QED) is 0.0486. The van der Waals surface area contributed by atoms with Crippen molar-refractivity contribution in [3.63, 3.8) is 0 Å². The van der Waals surface area contributed by atoms with E-state index in [0.717, 1.165) is 87.6 Å². The maximum Gasteiger partial charge on any atom is 0.363 e. The summed E-state index contributed by atoms with van der Waals surface area (Å²) in [6, 6.07) is 38.3. The first kappa shape index (κ1) is 97.3. The van der Waals surface area contributed by atoms with E-state index < -0.39 is 75.5 Å². The Labute approximate surface area is 763 Å². The molecule has 17 rings (SSSR count). The van der Waals surface area contributed by atoms with Crippen molar-refractivity contribution in [1.82, 2.24) is 19.8 Å². The molecule has 3 atom stereocenters. The third kappa shape index (κ3) is 17.5. The Morgan fingerprint density at radius 1 is 0.519 bits per heavy atom. The number of likely N-dealkylation sites (N-methyl/N-ethyl adjacent to an activating group) is 2. The van der Waals surface area contributed by atoms with Gasteiger partial charge < -0.3 is 53.4 Å². The molecule has 3 saturated heterocycles. The lowest BCUT2D eigenvalue weighted by molar-refractivity contribution is -0.519. The Bertz CT molecular complexity index is 6640. The highest BCUT2D eigenvalue weighted by Gasteiger charge is 2.44. The van der Waals surface area contributed by atoms with Gasteiger partial charge in [0.25, 0.3) is 42.8 Å². The van der Waals surface area contributed by atoms with Gasteiger partial charge in [-0.3, -0.25) is 38.3 Å². The van der Waals surface area contributed by atoms with Crippen LogP contribution in [0, 0.1) is 0 Å². The number of benzene rings is 7. The third-order valence-corrected chi connectivity index (χ3v) is 30.9. The summed E-state index contributed by atoms with van der Waals surface area (Å²) in [5.41, 5.74) is 15.1. The molecule has 3 unspecified atom stereocenters. The second kappa shape index (κ2) is 37.6. The van der Waals surface area contributed by atoms with Crippen molar-refractivity contribution in [2.24, 2.45) is 4.99 Å². The highest BCUT2D eigenvalue weighted by atomic mass is 31.2. The van der Waals surface area contributed by atoms with E-state index in [0.29, 0.717) is 94.7 Å². The highest BCUT2D eigenvalue weighted by molar-refractivity contribution is 7.72. The summed E-state index contributed by atoms with van der Waals surface area (Å²) in [5, 5.41) is 7.71. The topological polar surface area (TPSA) is 345 Å². The summed E-state index contributed by atoms with van der Waals surface area (Å²) in [7, 11) is -9.17. The molecule has 8 heterocycles. The number of imide groups is 3. The van der Waals surface area contributed by atoms with Gasteiger partial charge in [0.1, 0.15) is 19.6 Å². The SMILES string of the molecule is C.C.C.CCN(CC)c1ccc2c(c1)P(=O)([O-])C1=CC(=[N+](CC)CC)C=CC1=C2c1ccc(C(=O)ON2C(=O)CCC2=O)cc1.CCN1c2cc3c(cc2C(C)=CC1(C)C)C(c1ccc(C(=O)ON2C(=O)CCC2=O)cc1)=c1cc2c(cc1P3(=O)[O-])=[N+](CC)C(C)(C)C=C2C.CN=C1C=CC2=C(c3ccc(C(=O)ON4C(=O)CCC4=O)cc3)c3ccc(NC)cc3P(=O)(O)C2=C1. The van der Waals surface area contributed by atoms with Crippen molar-refractivity contribution < 1.29 is 90.6 Å². The van der Waals surface area contributed by atoms with Crippen LogP contribution in [0.5, 0.6) is 0 Å². The summed E-state index contributed by atoms with van der Waals surface area (Å²) >= 11 is 0. The molecule has 0 spiro atoms. The number of hydrogen-bond acceptors (Lipinski definition) is 21. The summed E-state index contributed by atoms with van der Waals surface area (Å²) in [5.74, 6) is -5.78. The Hall–Kier alpha value is -12.7. The molecule has 8 aliphatic heterocycles. The van der Waals surface area contributed by atoms with Crippen LogP contribution >= 0.6 is 22.1 Å². The summed E-state index contributed by atoms with van der Waals surface area (Å²) < 4.78 is 47.2. The summed E-state index contributed by atoms with van der Waals surface area (Å²) in [6.45, 7) is 29.3. The van der Waals surface area contributed by atoms with Crippen LogP contribution in [0.15, 0.2) is 209 Å². The number of hydroxylamine groups is 6. The molecule has 0 radical (unpaired) electrons. The summed E-state index contributed by atoms with van der Waals surface area (Å²) in [4.78, 5) is 174. The van der Waals surface area contributed by atoms with Gasteiger partial charge >= 0.3 is 17.9 Å². The molecule has 7 aromatic carbocycles. The van der Waals surface area contributed by atoms with E-state index in [1.54, 1.807) is 117 Å². The maximum atomic E-state index is 14.9. The lowest BCUT2D eigenvalue weighted by atomic mass is 9.85. The Morgan fingerprint density at radius 2 is 0.977 bits per heavy atom. The zero-order chi connectivity index (χ0) is 91.9. The molecule has 7 aromatic rings. The van der Waals surface area contributed by atoms with E-state index in [1.807, 2.05) is 82.3 Å². The molecular formula is C101H110N9O18P3. The van der Waals surface area contributed by atoms with Gasteiger partial charge in [0.15, 0.2) is 5.54 Å². The first-order chi connectivity index (χ1) is 60.9. The van der Waals surface area contributed by atoms with Gasteiger partial charge in [-0.05, 0) is 250 Å². The van der Waals surface area contributed by atoms with E-state index in [-0.39, 0.29) is 115 Å². The van der Waals surface area contributed by atoms with Gasteiger partial charge in [0.05, 0.1) is 53.3 Å². The normalized spacial score (nSPS) is 20.5. The Kier molecular flexibility index (Phi) is 28.0. The van der Waals surface area contributed by atoms with Gasteiger partial charge in [-0.15, -0.1) is 15.2 Å². The van der Waals surface area contributed by atoms with Crippen LogP contribution in [0.4, 0.5) is 17.1 Å². The van der Waals surface area contributed by atoms with E-state index in [4.69, 9.17) is 14.5 Å². The van der Waals surface area contributed by atoms with Crippen LogP contribution in [0.2, 0.25) is 0 Å². The minimum atomic E-state index is -4.37. The van der Waals surface area contributed by atoms with Crippen molar-refractivity contribution in [3.8, 4) is 0 Å². The van der Waals surface area contributed by atoms with Gasteiger partial charge in [-0.25, -0.2) is 23.5 Å². The number of fused-ring (bicyclic) bond motifs is 8. The Morgan fingerprint density at radius 3 is 1.44 bits per heavy atom. The zero-order valence-corrected chi connectivity index (χ0v) is 76.3. The van der Waals surface area contributed by atoms with E-state index in [2.05, 4.69) is 96.8 Å². The van der Waals surface area contributed by atoms with E-state index >= 15 is 0 Å². The van der Waals surface area contributed by atoms with Crippen molar-refractivity contribution in [2.75, 3.05) is 68.5 Å². The second-order valence-electron chi connectivity index (χ2n) is 33.3. The average Bonchev–Trinajstić information content (AvgIpc) is 0.748. The minimum Gasteiger partial charge on any atom is -0.793 e. The van der Waals surface area contributed by atoms with E-state index in [1.165, 1.54) is 12.1 Å². The number of allylic oxidation sites excluding steroid dienone is 12. The monoisotopic (exact) mass is 1830 g/mol. The lowest BCUT2D eigenvalue weighted by Crippen LogP contribution is -2.52. The van der Waals surface area contributed by atoms with Gasteiger partial charge in [0.2, 0.25) is 11.1 Å². The fourth-order valence-electron chi connectivity index (χ4n) is 18.5. The lowest BCUT2D eigenvalue weighted by Gasteiger charge is -2.44. The number of nitrogens with zero attached hydrogens (tertiary/aromatic N) is 8. The van der Waals surface area contributed by atoms with E-state index in [9.17, 15) is 71.5 Å². The molecule has 131 heavy (non-hydrogen) atoms. The van der Waals surface area contributed by atoms with Crippen molar-refractivity contribution in [2.45, 2.75) is 155 Å². The molecule has 0 bridgehead atoms. The number of carbonyl (C=O) groups is 9. The van der Waals surface area contributed by atoms with Gasteiger partial charge in [0, 0.05) is 154 Å². The minimum absolute atomic E-state index is 0. The number of nitrogens with one attached hydrogen (secondary N) is 1. The fraction of sp³-hybridized carbons (Fsp3) is 0.307. The molecule has 3 fully saturated rings. The molecule has 2 aliphatic carbocycles. The second-order valence-corrected chi connectivity index (χ2v) is 39.5. The molecule has 0 aromatic heterocycles. The number of rotatable bonds is 17. The first-order valence-electron chi connectivity index (χ1n) is 42.7. The molecule has 30 heteroatoms. The molecule has 6 amide bonds. The first-order valence-corrected chi connectivity index (χ1v) is 47.6. The van der Waals surface area contributed by atoms with Crippen LogP contribution < -0.4 is 61.3 Å². The standard InChI is InChI=1S/C40H42N3O6P.C32H34N3O6P.C26H22N3O6P.3CH4/c1-9-41-31-19-33-29(17-27(31)23(3)21-39(41,5)6)37(25-11-13-26(14-12-25)38(46)49-43-35(44)15-16-36(43)45)30-18-28-24(4)22-40(7,8)42(10-2)32(28)20-34(30)50(33,47)48;1-5-33(6-2)23-13-15-25-27(19-23)42(39,40)28-20-24(34(7-3)8-4)14-16-26(28)31(25)21-9-11-22(12-10-21)32(38)41-35-29(36)17-18-30(35)37;1-27-17-7-9-19-21(13-17)36(33,34)22-14-18(28-2)8-10-20(22)25(19)15-3-5-16(6-4-15)26(32)35-29-23(30)11-12-24(29)31;;;/h11-14,17-22H,9-10,15-16H2,1-8H3;9-16,19-20H,5-8,17-18H2,1-4H3;3-10,13-14,27H,11-12H2,1-2H3,(H,33,34);3*1H4. The average molecular weight is 1830 g/mol. The number of aliphatic imine (C=N–C) groups is 1. The van der Waals surface area contributed by atoms with Crippen molar-refractivity contribution in [3.05, 3.63) is 276 Å². The summed E-state index contributed by atoms with van der Waals surface area (Å²) in [6.07, 6.45) is 15.2. The molecular weight excluding hydrogens is 1720 g/mol. The fourth-order valence-corrected chi connectivity index (χ4v) is 24.1. The smallest absolute Gasteiger partial charge is 0.363 e. The van der Waals surface area contributed by atoms with Crippen LogP contribution in [0.1, 0.15) is 219 Å². The van der Waals surface area contributed by atoms with Crippen molar-refractivity contribution in [1.29, 1.82) is 0 Å². The molecule has 10 aliphatic rings. The van der Waals surface area contributed by atoms with Crippen LogP contribution in [-0.4, -0.2) is 154 Å². The molecule has 2 N–H and O–H groups in total. The van der Waals surface area contributed by atoms with Crippen LogP contribution in [0.25, 0.3) is 27.9 Å². The molecule has 0 saturated carbocycles. The number of anilines is 3.